The largest absolute Gasteiger partial charge is 0.348 e. The van der Waals surface area contributed by atoms with E-state index in [0.717, 1.165) is 0 Å². The van der Waals surface area contributed by atoms with Crippen LogP contribution in [0.4, 0.5) is 0 Å². The second-order valence-corrected chi connectivity index (χ2v) is 4.16. The maximum atomic E-state index is 11.6. The smallest absolute Gasteiger partial charge is 0.262 e. The van der Waals surface area contributed by atoms with Gasteiger partial charge in [-0.2, -0.15) is 5.26 Å². The van der Waals surface area contributed by atoms with Crippen molar-refractivity contribution < 1.29 is 4.79 Å². The molecule has 18 heavy (non-hydrogen) atoms. The first-order valence-corrected chi connectivity index (χ1v) is 5.80. The van der Waals surface area contributed by atoms with Crippen molar-refractivity contribution in [3.63, 3.8) is 0 Å². The summed E-state index contributed by atoms with van der Waals surface area (Å²) in [6, 6.07) is 6.69. The van der Waals surface area contributed by atoms with E-state index in [9.17, 15) is 4.79 Å². The third-order valence-electron chi connectivity index (χ3n) is 2.03. The minimum absolute atomic E-state index is 0.00441. The van der Waals surface area contributed by atoms with Gasteiger partial charge in [0.05, 0.1) is 10.0 Å². The fourth-order valence-electron chi connectivity index (χ4n) is 1.18. The summed E-state index contributed by atoms with van der Waals surface area (Å²) in [7, 11) is 0. The normalized spacial score (nSPS) is 10.6. The molecule has 0 radical (unpaired) electrons. The Morgan fingerprint density at radius 2 is 2.17 bits per heavy atom. The van der Waals surface area contributed by atoms with E-state index in [4.69, 9.17) is 28.5 Å². The van der Waals surface area contributed by atoms with Crippen LogP contribution in [-0.4, -0.2) is 12.5 Å². The lowest BCUT2D eigenvalue weighted by Crippen LogP contribution is -2.24. The molecule has 3 nitrogen and oxygen atoms in total. The van der Waals surface area contributed by atoms with Gasteiger partial charge in [-0.05, 0) is 23.8 Å². The van der Waals surface area contributed by atoms with Crippen LogP contribution in [0.1, 0.15) is 5.56 Å². The van der Waals surface area contributed by atoms with Crippen molar-refractivity contribution in [2.75, 3.05) is 6.54 Å². The third kappa shape index (κ3) is 3.92. The minimum Gasteiger partial charge on any atom is -0.348 e. The lowest BCUT2D eigenvalue weighted by atomic mass is 10.1. The average Bonchev–Trinajstić information content (AvgIpc) is 2.37. The van der Waals surface area contributed by atoms with E-state index in [1.807, 2.05) is 6.07 Å². The molecule has 0 saturated heterocycles. The number of nitrogens with one attached hydrogen (secondary N) is 1. The van der Waals surface area contributed by atoms with E-state index < -0.39 is 5.91 Å². The van der Waals surface area contributed by atoms with Crippen LogP contribution in [0.5, 0.6) is 0 Å². The van der Waals surface area contributed by atoms with E-state index in [-0.39, 0.29) is 5.57 Å². The number of nitrogens with zero attached hydrogens (tertiary/aromatic N) is 1. The van der Waals surface area contributed by atoms with Gasteiger partial charge >= 0.3 is 0 Å². The highest BCUT2D eigenvalue weighted by Crippen LogP contribution is 2.23. The Balaban J connectivity index is 2.97. The topological polar surface area (TPSA) is 52.9 Å². The van der Waals surface area contributed by atoms with Crippen LogP contribution in [0.3, 0.4) is 0 Å². The molecule has 0 spiro atoms. The van der Waals surface area contributed by atoms with Crippen molar-refractivity contribution in [3.8, 4) is 6.07 Å². The molecule has 0 unspecified atom stereocenters. The molecular weight excluding hydrogens is 271 g/mol. The first kappa shape index (κ1) is 14.3. The van der Waals surface area contributed by atoms with Crippen molar-refractivity contribution in [3.05, 3.63) is 52.0 Å². The molecule has 1 amide bonds. The highest BCUT2D eigenvalue weighted by molar-refractivity contribution is 6.42. The standard InChI is InChI=1S/C13H10Cl2N2O/c1-2-5-17-13(18)10(8-16)6-9-3-4-11(14)12(15)7-9/h2-4,6-7H,1,5H2,(H,17,18)/b10-6-. The monoisotopic (exact) mass is 280 g/mol. The fourth-order valence-corrected chi connectivity index (χ4v) is 1.48. The van der Waals surface area contributed by atoms with Crippen molar-refractivity contribution in [2.24, 2.45) is 0 Å². The van der Waals surface area contributed by atoms with Crippen LogP contribution < -0.4 is 5.32 Å². The molecule has 0 atom stereocenters. The molecule has 1 aromatic carbocycles. The Labute approximate surface area is 115 Å². The molecule has 0 aromatic heterocycles. The molecule has 0 aliphatic rings. The summed E-state index contributed by atoms with van der Waals surface area (Å²) in [5.74, 6) is -0.455. The zero-order valence-corrected chi connectivity index (χ0v) is 10.9. The maximum absolute atomic E-state index is 11.6. The molecule has 0 bridgehead atoms. The summed E-state index contributed by atoms with van der Waals surface area (Å²) < 4.78 is 0. The molecule has 1 N–H and O–H groups in total. The van der Waals surface area contributed by atoms with Crippen LogP contribution in [-0.2, 0) is 4.79 Å². The lowest BCUT2D eigenvalue weighted by Gasteiger charge is -2.01. The molecule has 1 rings (SSSR count). The van der Waals surface area contributed by atoms with Gasteiger partial charge in [-0.1, -0.05) is 35.3 Å². The van der Waals surface area contributed by atoms with Crippen molar-refractivity contribution in [2.45, 2.75) is 0 Å². The number of nitriles is 1. The van der Waals surface area contributed by atoms with Gasteiger partial charge in [0.2, 0.25) is 0 Å². The van der Waals surface area contributed by atoms with Gasteiger partial charge in [-0.15, -0.1) is 6.58 Å². The van der Waals surface area contributed by atoms with Crippen LogP contribution in [0, 0.1) is 11.3 Å². The Hall–Kier alpha value is -1.76. The zero-order chi connectivity index (χ0) is 13.5. The predicted octanol–water partition coefficient (Wildman–Crippen LogP) is 3.20. The second kappa shape index (κ2) is 6.85. The Kier molecular flexibility index (Phi) is 5.44. The molecule has 0 fully saturated rings. The molecule has 0 heterocycles. The van der Waals surface area contributed by atoms with Crippen LogP contribution in [0.15, 0.2) is 36.4 Å². The first-order valence-electron chi connectivity index (χ1n) is 5.04. The number of halogens is 2. The maximum Gasteiger partial charge on any atom is 0.262 e. The SMILES string of the molecule is C=CCNC(=O)/C(C#N)=C\c1ccc(Cl)c(Cl)c1. The molecule has 0 aliphatic carbocycles. The highest BCUT2D eigenvalue weighted by atomic mass is 35.5. The van der Waals surface area contributed by atoms with Gasteiger partial charge in [0.25, 0.3) is 5.91 Å². The van der Waals surface area contributed by atoms with Gasteiger partial charge in [-0.3, -0.25) is 4.79 Å². The number of hydrogen-bond acceptors (Lipinski definition) is 2. The number of carbonyl (C=O) groups is 1. The average molecular weight is 281 g/mol. The van der Waals surface area contributed by atoms with Crippen molar-refractivity contribution in [1.29, 1.82) is 5.26 Å². The molecule has 0 saturated carbocycles. The summed E-state index contributed by atoms with van der Waals surface area (Å²) in [4.78, 5) is 11.6. The summed E-state index contributed by atoms with van der Waals surface area (Å²) in [6.07, 6.45) is 2.98. The summed E-state index contributed by atoms with van der Waals surface area (Å²) in [6.45, 7) is 3.78. The second-order valence-electron chi connectivity index (χ2n) is 3.34. The number of rotatable bonds is 4. The van der Waals surface area contributed by atoms with E-state index in [0.29, 0.717) is 22.2 Å². The third-order valence-corrected chi connectivity index (χ3v) is 2.77. The van der Waals surface area contributed by atoms with Crippen LogP contribution in [0.2, 0.25) is 10.0 Å². The van der Waals surface area contributed by atoms with Crippen molar-refractivity contribution >= 4 is 35.2 Å². The predicted molar refractivity (Wildman–Crippen MR) is 73.3 cm³/mol. The number of amides is 1. The van der Waals surface area contributed by atoms with E-state index in [1.165, 1.54) is 12.2 Å². The van der Waals surface area contributed by atoms with Crippen LogP contribution in [0.25, 0.3) is 6.08 Å². The van der Waals surface area contributed by atoms with Gasteiger partial charge in [0.15, 0.2) is 0 Å². The minimum atomic E-state index is -0.455. The molecule has 5 heteroatoms. The van der Waals surface area contributed by atoms with E-state index >= 15 is 0 Å². The van der Waals surface area contributed by atoms with E-state index in [2.05, 4.69) is 11.9 Å². The summed E-state index contributed by atoms with van der Waals surface area (Å²) in [5, 5.41) is 12.2. The Bertz CT molecular complexity index is 544. The Morgan fingerprint density at radius 3 is 2.72 bits per heavy atom. The molecular formula is C13H10Cl2N2O. The Morgan fingerprint density at radius 1 is 1.44 bits per heavy atom. The van der Waals surface area contributed by atoms with Crippen molar-refractivity contribution in [1.82, 2.24) is 5.32 Å². The number of carbonyl (C=O) groups excluding carboxylic acids is 1. The number of hydrogen-bond donors (Lipinski definition) is 1. The highest BCUT2D eigenvalue weighted by Gasteiger charge is 2.08. The molecule has 92 valence electrons. The molecule has 1 aromatic rings. The zero-order valence-electron chi connectivity index (χ0n) is 9.41. The van der Waals surface area contributed by atoms with E-state index in [1.54, 1.807) is 18.2 Å². The first-order chi connectivity index (χ1) is 8.58. The van der Waals surface area contributed by atoms with Gasteiger partial charge in [0.1, 0.15) is 11.6 Å². The van der Waals surface area contributed by atoms with Gasteiger partial charge in [-0.25, -0.2) is 0 Å². The molecule has 0 aliphatic heterocycles. The summed E-state index contributed by atoms with van der Waals surface area (Å²) >= 11 is 11.6. The number of benzene rings is 1. The quantitative estimate of drug-likeness (QED) is 0.523. The summed E-state index contributed by atoms with van der Waals surface area (Å²) in [5.41, 5.74) is 0.630. The van der Waals surface area contributed by atoms with Gasteiger partial charge in [0, 0.05) is 6.54 Å². The lowest BCUT2D eigenvalue weighted by molar-refractivity contribution is -0.116. The fraction of sp³-hybridized carbons (Fsp3) is 0.0769. The van der Waals surface area contributed by atoms with Gasteiger partial charge < -0.3 is 5.32 Å². The van der Waals surface area contributed by atoms with Crippen LogP contribution >= 0.6 is 23.2 Å².